The molecule has 0 amide bonds. The van der Waals surface area contributed by atoms with Crippen molar-refractivity contribution in [1.82, 2.24) is 29.1 Å². The Labute approximate surface area is 182 Å². The minimum absolute atomic E-state index is 0.813. The fourth-order valence-electron chi connectivity index (χ4n) is 4.61. The van der Waals surface area contributed by atoms with E-state index in [-0.39, 0.29) is 0 Å². The lowest BCUT2D eigenvalue weighted by molar-refractivity contribution is 1.04. The van der Waals surface area contributed by atoms with Crippen molar-refractivity contribution < 1.29 is 0 Å². The first-order valence-corrected chi connectivity index (χ1v) is 10.4. The van der Waals surface area contributed by atoms with E-state index in [1.807, 2.05) is 48.7 Å². The Morgan fingerprint density at radius 1 is 0.562 bits per heavy atom. The summed E-state index contributed by atoms with van der Waals surface area (Å²) in [5.41, 5.74) is 7.90. The monoisotopic (exact) mass is 412 g/mol. The smallest absolute Gasteiger partial charge is 0.141 e. The van der Waals surface area contributed by atoms with Gasteiger partial charge < -0.3 is 4.57 Å². The lowest BCUT2D eigenvalue weighted by atomic mass is 10.2. The van der Waals surface area contributed by atoms with Crippen LogP contribution in [0.15, 0.2) is 97.6 Å². The van der Waals surface area contributed by atoms with Gasteiger partial charge in [-0.3, -0.25) is 9.55 Å². The molecular formula is C26H16N6. The van der Waals surface area contributed by atoms with Crippen molar-refractivity contribution in [3.8, 4) is 11.5 Å². The highest BCUT2D eigenvalue weighted by Gasteiger charge is 2.20. The lowest BCUT2D eigenvalue weighted by Gasteiger charge is -2.08. The van der Waals surface area contributed by atoms with E-state index in [2.05, 4.69) is 55.5 Å². The zero-order chi connectivity index (χ0) is 21.1. The van der Waals surface area contributed by atoms with Crippen molar-refractivity contribution in [3.63, 3.8) is 0 Å². The Bertz CT molecular complexity index is 1640. The lowest BCUT2D eigenvalue weighted by Crippen LogP contribution is -1.98. The Hall–Kier alpha value is -4.58. The van der Waals surface area contributed by atoms with Crippen molar-refractivity contribution in [2.75, 3.05) is 0 Å². The Balaban J connectivity index is 1.71. The molecule has 0 aliphatic carbocycles. The molecule has 0 aliphatic heterocycles. The molecular weight excluding hydrogens is 396 g/mol. The molecule has 6 heteroatoms. The molecule has 0 atom stereocenters. The van der Waals surface area contributed by atoms with Gasteiger partial charge in [0.25, 0.3) is 0 Å². The minimum atomic E-state index is 0.813. The van der Waals surface area contributed by atoms with Crippen LogP contribution < -0.4 is 0 Å². The predicted molar refractivity (Wildman–Crippen MR) is 126 cm³/mol. The molecule has 0 bridgehead atoms. The summed E-state index contributed by atoms with van der Waals surface area (Å²) in [7, 11) is 0. The highest BCUT2D eigenvalue weighted by molar-refractivity contribution is 6.14. The second kappa shape index (κ2) is 6.46. The highest BCUT2D eigenvalue weighted by Crippen LogP contribution is 2.36. The van der Waals surface area contributed by atoms with Crippen molar-refractivity contribution in [1.29, 1.82) is 0 Å². The van der Waals surface area contributed by atoms with Gasteiger partial charge >= 0.3 is 0 Å². The highest BCUT2D eigenvalue weighted by atomic mass is 15.1. The minimum Gasteiger partial charge on any atom is -0.306 e. The average molecular weight is 412 g/mol. The van der Waals surface area contributed by atoms with E-state index in [0.29, 0.717) is 0 Å². The molecule has 6 nitrogen and oxygen atoms in total. The summed E-state index contributed by atoms with van der Waals surface area (Å²) in [6, 6.07) is 26.8. The van der Waals surface area contributed by atoms with Crippen LogP contribution in [0.2, 0.25) is 0 Å². The molecule has 0 spiro atoms. The Morgan fingerprint density at radius 3 is 2.25 bits per heavy atom. The molecule has 0 saturated heterocycles. The second-order valence-corrected chi connectivity index (χ2v) is 7.69. The average Bonchev–Trinajstić information content (AvgIpc) is 3.36. The maximum Gasteiger partial charge on any atom is 0.141 e. The molecule has 5 aromatic heterocycles. The van der Waals surface area contributed by atoms with Crippen LogP contribution in [0.4, 0.5) is 0 Å². The summed E-state index contributed by atoms with van der Waals surface area (Å²) in [6.45, 7) is 0. The molecule has 0 aliphatic rings. The zero-order valence-corrected chi connectivity index (χ0v) is 16.9. The third kappa shape index (κ3) is 2.29. The van der Waals surface area contributed by atoms with Crippen LogP contribution in [0.25, 0.3) is 55.5 Å². The van der Waals surface area contributed by atoms with Crippen LogP contribution in [0.3, 0.4) is 0 Å². The van der Waals surface area contributed by atoms with Gasteiger partial charge in [-0.1, -0.05) is 36.4 Å². The maximum atomic E-state index is 5.18. The third-order valence-electron chi connectivity index (χ3n) is 5.93. The van der Waals surface area contributed by atoms with Gasteiger partial charge in [0.1, 0.15) is 23.2 Å². The van der Waals surface area contributed by atoms with E-state index >= 15 is 0 Å². The fraction of sp³-hybridized carbons (Fsp3) is 0. The summed E-state index contributed by atoms with van der Waals surface area (Å²) in [5.74, 6) is 0.813. The molecule has 0 N–H and O–H groups in total. The number of fused-ring (bicyclic) bond motifs is 6. The Morgan fingerprint density at radius 2 is 1.38 bits per heavy atom. The first kappa shape index (κ1) is 17.1. The molecule has 7 aromatic rings. The number of hydrogen-bond donors (Lipinski definition) is 0. The quantitative estimate of drug-likeness (QED) is 0.378. The molecule has 7 rings (SSSR count). The van der Waals surface area contributed by atoms with Gasteiger partial charge in [0.05, 0.1) is 27.6 Å². The third-order valence-corrected chi connectivity index (χ3v) is 5.93. The van der Waals surface area contributed by atoms with Crippen LogP contribution in [-0.4, -0.2) is 29.1 Å². The van der Waals surface area contributed by atoms with Crippen molar-refractivity contribution in [2.45, 2.75) is 0 Å². The van der Waals surface area contributed by atoms with Gasteiger partial charge in [-0.05, 0) is 42.5 Å². The fourth-order valence-corrected chi connectivity index (χ4v) is 4.61. The van der Waals surface area contributed by atoms with Gasteiger partial charge in [-0.15, -0.1) is 0 Å². The van der Waals surface area contributed by atoms with E-state index < -0.39 is 0 Å². The summed E-state index contributed by atoms with van der Waals surface area (Å²) >= 11 is 0. The molecule has 2 aromatic carbocycles. The Kier molecular flexibility index (Phi) is 3.46. The van der Waals surface area contributed by atoms with E-state index in [0.717, 1.165) is 55.5 Å². The topological polar surface area (TPSA) is 61.4 Å². The van der Waals surface area contributed by atoms with Crippen LogP contribution in [-0.2, 0) is 0 Å². The maximum absolute atomic E-state index is 5.18. The number of pyridine rings is 2. The summed E-state index contributed by atoms with van der Waals surface area (Å²) in [5, 5.41) is 1.08. The number of benzene rings is 2. The van der Waals surface area contributed by atoms with Crippen LogP contribution in [0.5, 0.6) is 0 Å². The standard InChI is InChI=1S/C26H16N6/c1-2-7-17(8-3-1)31-20-11-6-13-28-25(20)26-22(31)15-21-24(30-26)18-9-4-5-10-19(18)32(21)23-12-14-27-16-29-23/h1-16H. The summed E-state index contributed by atoms with van der Waals surface area (Å²) < 4.78 is 4.38. The van der Waals surface area contributed by atoms with Gasteiger partial charge in [0.2, 0.25) is 0 Å². The molecule has 0 saturated carbocycles. The number of nitrogens with zero attached hydrogens (tertiary/aromatic N) is 6. The number of aromatic nitrogens is 6. The zero-order valence-electron chi connectivity index (χ0n) is 16.9. The van der Waals surface area contributed by atoms with E-state index in [4.69, 9.17) is 9.97 Å². The molecule has 32 heavy (non-hydrogen) atoms. The molecule has 150 valence electrons. The van der Waals surface area contributed by atoms with Crippen LogP contribution in [0.1, 0.15) is 0 Å². The van der Waals surface area contributed by atoms with E-state index in [9.17, 15) is 0 Å². The summed E-state index contributed by atoms with van der Waals surface area (Å²) in [4.78, 5) is 18.5. The van der Waals surface area contributed by atoms with Gasteiger partial charge in [0.15, 0.2) is 0 Å². The summed E-state index contributed by atoms with van der Waals surface area (Å²) in [6.07, 6.45) is 5.17. The first-order chi connectivity index (χ1) is 15.9. The van der Waals surface area contributed by atoms with Gasteiger partial charge in [-0.2, -0.15) is 0 Å². The number of rotatable bonds is 2. The molecule has 0 fully saturated rings. The normalized spacial score (nSPS) is 11.8. The first-order valence-electron chi connectivity index (χ1n) is 10.4. The predicted octanol–water partition coefficient (Wildman–Crippen LogP) is 5.46. The number of hydrogen-bond acceptors (Lipinski definition) is 4. The molecule has 0 unspecified atom stereocenters. The SMILES string of the molecule is c1ccc(-n2c3cccnc3c3nc4c5ccccc5n(-c5ccncn5)c4cc32)cc1. The van der Waals surface area contributed by atoms with E-state index in [1.165, 1.54) is 0 Å². The van der Waals surface area contributed by atoms with Crippen molar-refractivity contribution in [3.05, 3.63) is 97.6 Å². The van der Waals surface area contributed by atoms with Crippen molar-refractivity contribution in [2.24, 2.45) is 0 Å². The molecule has 5 heterocycles. The van der Waals surface area contributed by atoms with Crippen LogP contribution >= 0.6 is 0 Å². The van der Waals surface area contributed by atoms with Gasteiger partial charge in [-0.25, -0.2) is 15.0 Å². The van der Waals surface area contributed by atoms with Crippen molar-refractivity contribution >= 4 is 44.0 Å². The second-order valence-electron chi connectivity index (χ2n) is 7.69. The number of para-hydroxylation sites is 2. The largest absolute Gasteiger partial charge is 0.306 e. The molecule has 0 radical (unpaired) electrons. The van der Waals surface area contributed by atoms with E-state index in [1.54, 1.807) is 12.5 Å². The van der Waals surface area contributed by atoms with Crippen LogP contribution in [0, 0.1) is 0 Å². The van der Waals surface area contributed by atoms with Gasteiger partial charge in [0, 0.05) is 23.5 Å².